The Morgan fingerprint density at radius 2 is 2.07 bits per heavy atom. The second-order valence-electron chi connectivity index (χ2n) is 8.00. The number of hydrogen-bond donors (Lipinski definition) is 0. The summed E-state index contributed by atoms with van der Waals surface area (Å²) in [6.45, 7) is 1.59. The van der Waals surface area contributed by atoms with Crippen molar-refractivity contribution in [2.45, 2.75) is 25.7 Å². The lowest BCUT2D eigenvalue weighted by molar-refractivity contribution is -0.147. The van der Waals surface area contributed by atoms with E-state index in [9.17, 15) is 9.59 Å². The molecule has 1 aliphatic heterocycles. The standard InChI is InChI=1S/C23H30N2O3S/c1-24(2)22(27)23(11-6-12-25(17-23)21(26)10-13-28-3)16-18-7-4-8-19(15-18)20-9-5-14-29-20/h4-5,7-9,14-15H,6,10-13,16-17H2,1-3H3/t23-/m1/s1. The van der Waals surface area contributed by atoms with Gasteiger partial charge in [-0.3, -0.25) is 9.59 Å². The van der Waals surface area contributed by atoms with Crippen LogP contribution in [0.2, 0.25) is 0 Å². The lowest BCUT2D eigenvalue weighted by Crippen LogP contribution is -2.54. The first-order chi connectivity index (χ1) is 13.9. The van der Waals surface area contributed by atoms with Crippen LogP contribution in [-0.2, 0) is 20.7 Å². The molecule has 1 aromatic carbocycles. The van der Waals surface area contributed by atoms with Crippen LogP contribution in [0.15, 0.2) is 41.8 Å². The fourth-order valence-corrected chi connectivity index (χ4v) is 4.95. The summed E-state index contributed by atoms with van der Waals surface area (Å²) in [4.78, 5) is 30.7. The lowest BCUT2D eigenvalue weighted by atomic mass is 9.73. The molecule has 3 rings (SSSR count). The van der Waals surface area contributed by atoms with Gasteiger partial charge in [-0.15, -0.1) is 11.3 Å². The number of likely N-dealkylation sites (tertiary alicyclic amines) is 1. The smallest absolute Gasteiger partial charge is 0.230 e. The number of hydrogen-bond acceptors (Lipinski definition) is 4. The molecule has 2 heterocycles. The van der Waals surface area contributed by atoms with E-state index in [1.165, 1.54) is 10.4 Å². The van der Waals surface area contributed by atoms with Crippen LogP contribution in [0.1, 0.15) is 24.8 Å². The van der Waals surface area contributed by atoms with Crippen molar-refractivity contribution in [3.05, 3.63) is 47.3 Å². The Bertz CT molecular complexity index is 834. The minimum absolute atomic E-state index is 0.0646. The number of nitrogens with zero attached hydrogens (tertiary/aromatic N) is 2. The molecule has 1 aliphatic rings. The van der Waals surface area contributed by atoms with Gasteiger partial charge in [0.2, 0.25) is 11.8 Å². The second-order valence-corrected chi connectivity index (χ2v) is 8.94. The van der Waals surface area contributed by atoms with Gasteiger partial charge < -0.3 is 14.5 Å². The number of thiophene rings is 1. The molecule has 1 saturated heterocycles. The van der Waals surface area contributed by atoms with Crippen molar-refractivity contribution in [3.8, 4) is 10.4 Å². The van der Waals surface area contributed by atoms with E-state index in [1.54, 1.807) is 37.4 Å². The highest BCUT2D eigenvalue weighted by molar-refractivity contribution is 7.13. The van der Waals surface area contributed by atoms with E-state index >= 15 is 0 Å². The highest BCUT2D eigenvalue weighted by atomic mass is 32.1. The monoisotopic (exact) mass is 414 g/mol. The number of methoxy groups -OCH3 is 1. The normalized spacial score (nSPS) is 19.2. The molecule has 1 fully saturated rings. The number of amides is 2. The molecule has 2 aromatic rings. The van der Waals surface area contributed by atoms with Crippen LogP contribution in [0.4, 0.5) is 0 Å². The largest absolute Gasteiger partial charge is 0.384 e. The maximum Gasteiger partial charge on any atom is 0.230 e. The third-order valence-corrected chi connectivity index (χ3v) is 6.50. The number of rotatable bonds is 7. The Balaban J connectivity index is 1.87. The van der Waals surface area contributed by atoms with E-state index in [0.29, 0.717) is 32.5 Å². The summed E-state index contributed by atoms with van der Waals surface area (Å²) < 4.78 is 5.06. The lowest BCUT2D eigenvalue weighted by Gasteiger charge is -2.43. The first-order valence-electron chi connectivity index (χ1n) is 10.1. The fraction of sp³-hybridized carbons (Fsp3) is 0.478. The highest BCUT2D eigenvalue weighted by Gasteiger charge is 2.44. The summed E-state index contributed by atoms with van der Waals surface area (Å²) in [5, 5.41) is 2.07. The van der Waals surface area contributed by atoms with Gasteiger partial charge in [-0.05, 0) is 41.8 Å². The number of benzene rings is 1. The van der Waals surface area contributed by atoms with Crippen molar-refractivity contribution in [1.29, 1.82) is 0 Å². The minimum Gasteiger partial charge on any atom is -0.384 e. The van der Waals surface area contributed by atoms with Crippen molar-refractivity contribution < 1.29 is 14.3 Å². The molecular formula is C23H30N2O3S. The SMILES string of the molecule is COCCC(=O)N1CCC[C@](Cc2cccc(-c3cccs3)c2)(C(=O)N(C)C)C1. The number of ether oxygens (including phenoxy) is 1. The zero-order chi connectivity index (χ0) is 20.9. The molecule has 0 unspecified atom stereocenters. The van der Waals surface area contributed by atoms with Crippen LogP contribution >= 0.6 is 11.3 Å². The van der Waals surface area contributed by atoms with E-state index in [-0.39, 0.29) is 11.8 Å². The van der Waals surface area contributed by atoms with Gasteiger partial charge in [0.15, 0.2) is 0 Å². The van der Waals surface area contributed by atoms with Crippen molar-refractivity contribution >= 4 is 23.2 Å². The zero-order valence-electron chi connectivity index (χ0n) is 17.5. The van der Waals surface area contributed by atoms with Crippen LogP contribution < -0.4 is 0 Å². The molecule has 0 N–H and O–H groups in total. The molecular weight excluding hydrogens is 384 g/mol. The maximum absolute atomic E-state index is 13.3. The Kier molecular flexibility index (Phi) is 7.09. The molecule has 0 aliphatic carbocycles. The van der Waals surface area contributed by atoms with Crippen LogP contribution in [0.5, 0.6) is 0 Å². The third-order valence-electron chi connectivity index (χ3n) is 5.58. The Labute approximate surface area is 177 Å². The molecule has 1 aromatic heterocycles. The van der Waals surface area contributed by atoms with E-state index in [0.717, 1.165) is 18.4 Å². The Hall–Kier alpha value is -2.18. The molecule has 0 saturated carbocycles. The van der Waals surface area contributed by atoms with Crippen molar-refractivity contribution in [1.82, 2.24) is 9.80 Å². The average Bonchev–Trinajstić information content (AvgIpc) is 3.26. The zero-order valence-corrected chi connectivity index (χ0v) is 18.3. The quantitative estimate of drug-likeness (QED) is 0.694. The molecule has 6 heteroatoms. The minimum atomic E-state index is -0.585. The predicted molar refractivity (Wildman–Crippen MR) is 117 cm³/mol. The molecule has 0 radical (unpaired) electrons. The summed E-state index contributed by atoms with van der Waals surface area (Å²) in [5.41, 5.74) is 1.73. The molecule has 0 spiro atoms. The summed E-state index contributed by atoms with van der Waals surface area (Å²) in [7, 11) is 5.21. The number of carbonyl (C=O) groups is 2. The van der Waals surface area contributed by atoms with E-state index in [2.05, 4.69) is 35.7 Å². The summed E-state index contributed by atoms with van der Waals surface area (Å²) in [5.74, 6) is 0.165. The van der Waals surface area contributed by atoms with Gasteiger partial charge in [0.25, 0.3) is 0 Å². The molecule has 5 nitrogen and oxygen atoms in total. The summed E-state index contributed by atoms with van der Waals surface area (Å²) in [6, 6.07) is 12.6. The molecule has 2 amide bonds. The third kappa shape index (κ3) is 5.06. The van der Waals surface area contributed by atoms with Crippen LogP contribution in [0, 0.1) is 5.41 Å². The van der Waals surface area contributed by atoms with E-state index < -0.39 is 5.41 Å². The van der Waals surface area contributed by atoms with Crippen molar-refractivity contribution in [3.63, 3.8) is 0 Å². The predicted octanol–water partition coefficient (Wildman–Crippen LogP) is 3.69. The van der Waals surface area contributed by atoms with Crippen LogP contribution in [0.3, 0.4) is 0 Å². The van der Waals surface area contributed by atoms with Crippen LogP contribution in [-0.4, -0.2) is 62.5 Å². The highest BCUT2D eigenvalue weighted by Crippen LogP contribution is 2.37. The second kappa shape index (κ2) is 9.55. The number of piperidine rings is 1. The fourth-order valence-electron chi connectivity index (χ4n) is 4.23. The first kappa shape index (κ1) is 21.5. The van der Waals surface area contributed by atoms with Gasteiger partial charge in [-0.2, -0.15) is 0 Å². The topological polar surface area (TPSA) is 49.9 Å². The molecule has 156 valence electrons. The Morgan fingerprint density at radius 1 is 1.24 bits per heavy atom. The summed E-state index contributed by atoms with van der Waals surface area (Å²) in [6.07, 6.45) is 2.62. The molecule has 29 heavy (non-hydrogen) atoms. The Morgan fingerprint density at radius 3 is 2.76 bits per heavy atom. The maximum atomic E-state index is 13.3. The van der Waals surface area contributed by atoms with E-state index in [1.807, 2.05) is 11.0 Å². The van der Waals surface area contributed by atoms with Crippen molar-refractivity contribution in [2.24, 2.45) is 5.41 Å². The van der Waals surface area contributed by atoms with Gasteiger partial charge in [0, 0.05) is 39.2 Å². The molecule has 0 bridgehead atoms. The van der Waals surface area contributed by atoms with Crippen LogP contribution in [0.25, 0.3) is 10.4 Å². The van der Waals surface area contributed by atoms with Gasteiger partial charge >= 0.3 is 0 Å². The van der Waals surface area contributed by atoms with E-state index in [4.69, 9.17) is 4.74 Å². The van der Waals surface area contributed by atoms with Gasteiger partial charge in [0.05, 0.1) is 18.4 Å². The van der Waals surface area contributed by atoms with Gasteiger partial charge in [0.1, 0.15) is 0 Å². The van der Waals surface area contributed by atoms with Gasteiger partial charge in [-0.25, -0.2) is 0 Å². The van der Waals surface area contributed by atoms with Gasteiger partial charge in [-0.1, -0.05) is 30.3 Å². The first-order valence-corrected chi connectivity index (χ1v) is 10.9. The number of carbonyl (C=O) groups excluding carboxylic acids is 2. The average molecular weight is 415 g/mol. The summed E-state index contributed by atoms with van der Waals surface area (Å²) >= 11 is 1.71. The molecule has 1 atom stereocenters. The van der Waals surface area contributed by atoms with Crippen molar-refractivity contribution in [2.75, 3.05) is 40.9 Å².